The zero-order chi connectivity index (χ0) is 19.4. The van der Waals surface area contributed by atoms with Crippen molar-refractivity contribution in [2.75, 3.05) is 32.3 Å². The van der Waals surface area contributed by atoms with E-state index in [9.17, 15) is 4.79 Å². The number of imidazole rings is 1. The summed E-state index contributed by atoms with van der Waals surface area (Å²) in [5.41, 5.74) is 4.23. The van der Waals surface area contributed by atoms with Crippen molar-refractivity contribution in [3.05, 3.63) is 59.9 Å². The average molecular weight is 383 g/mol. The predicted molar refractivity (Wildman–Crippen MR) is 114 cm³/mol. The quantitative estimate of drug-likeness (QED) is 0.626. The molecule has 1 heterocycles. The highest BCUT2D eigenvalue weighted by Crippen LogP contribution is 2.19. The zero-order valence-electron chi connectivity index (χ0n) is 16.3. The summed E-state index contributed by atoms with van der Waals surface area (Å²) >= 11 is 1.71. The first kappa shape index (κ1) is 19.3. The van der Waals surface area contributed by atoms with E-state index in [-0.39, 0.29) is 5.91 Å². The Hall–Kier alpha value is -2.47. The number of anilines is 1. The fraction of sp³-hybridized carbons (Fsp3) is 0.333. The van der Waals surface area contributed by atoms with Gasteiger partial charge in [0.15, 0.2) is 0 Å². The Labute approximate surface area is 165 Å². The van der Waals surface area contributed by atoms with Gasteiger partial charge in [-0.3, -0.25) is 4.79 Å². The van der Waals surface area contributed by atoms with Crippen LogP contribution >= 0.6 is 11.8 Å². The van der Waals surface area contributed by atoms with Crippen LogP contribution in [0, 0.1) is 0 Å². The minimum absolute atomic E-state index is 0.0807. The Morgan fingerprint density at radius 1 is 1.07 bits per heavy atom. The van der Waals surface area contributed by atoms with E-state index in [0.29, 0.717) is 13.1 Å². The Morgan fingerprint density at radius 2 is 1.78 bits per heavy atom. The molecule has 0 aliphatic rings. The van der Waals surface area contributed by atoms with Crippen LogP contribution in [0.5, 0.6) is 0 Å². The van der Waals surface area contributed by atoms with Gasteiger partial charge in [-0.15, -0.1) is 0 Å². The van der Waals surface area contributed by atoms with Crippen LogP contribution in [0.4, 0.5) is 5.69 Å². The third-order valence-corrected chi connectivity index (χ3v) is 5.15. The highest BCUT2D eigenvalue weighted by Gasteiger charge is 2.16. The van der Waals surface area contributed by atoms with Crippen LogP contribution < -0.4 is 4.90 Å². The maximum atomic E-state index is 12.9. The molecule has 5 nitrogen and oxygen atoms in total. The van der Waals surface area contributed by atoms with Gasteiger partial charge in [0.05, 0.1) is 16.8 Å². The van der Waals surface area contributed by atoms with Gasteiger partial charge in [-0.05, 0) is 36.1 Å². The van der Waals surface area contributed by atoms with E-state index in [2.05, 4.69) is 35.4 Å². The summed E-state index contributed by atoms with van der Waals surface area (Å²) in [5.74, 6) is 1.82. The monoisotopic (exact) mass is 382 g/mol. The van der Waals surface area contributed by atoms with Crippen molar-refractivity contribution in [3.8, 4) is 0 Å². The lowest BCUT2D eigenvalue weighted by Crippen LogP contribution is -2.30. The van der Waals surface area contributed by atoms with E-state index in [1.807, 2.05) is 50.0 Å². The first-order valence-corrected chi connectivity index (χ1v) is 10.3. The number of hydrogen-bond donors (Lipinski definition) is 0. The van der Waals surface area contributed by atoms with Crippen molar-refractivity contribution in [3.63, 3.8) is 0 Å². The Bertz CT molecular complexity index is 918. The van der Waals surface area contributed by atoms with Gasteiger partial charge in [0.1, 0.15) is 12.4 Å². The molecule has 1 aromatic heterocycles. The van der Waals surface area contributed by atoms with E-state index in [4.69, 9.17) is 4.98 Å². The normalized spacial score (nSPS) is 11.0. The molecule has 0 N–H and O–H groups in total. The van der Waals surface area contributed by atoms with Gasteiger partial charge >= 0.3 is 0 Å². The van der Waals surface area contributed by atoms with E-state index in [0.717, 1.165) is 33.9 Å². The summed E-state index contributed by atoms with van der Waals surface area (Å²) in [4.78, 5) is 21.4. The molecule has 2 aromatic carbocycles. The zero-order valence-corrected chi connectivity index (χ0v) is 17.2. The van der Waals surface area contributed by atoms with Crippen LogP contribution in [0.1, 0.15) is 11.4 Å². The highest BCUT2D eigenvalue weighted by atomic mass is 32.2. The number of amides is 1. The Kier molecular flexibility index (Phi) is 6.06. The molecular weight excluding hydrogens is 356 g/mol. The molecule has 142 valence electrons. The van der Waals surface area contributed by atoms with Crippen molar-refractivity contribution in [1.29, 1.82) is 0 Å². The molecule has 3 rings (SSSR count). The average Bonchev–Trinajstić information content (AvgIpc) is 3.00. The van der Waals surface area contributed by atoms with Crippen LogP contribution in [0.15, 0.2) is 48.5 Å². The molecule has 0 aliphatic heterocycles. The highest BCUT2D eigenvalue weighted by molar-refractivity contribution is 7.97. The maximum Gasteiger partial charge on any atom is 0.242 e. The van der Waals surface area contributed by atoms with Crippen LogP contribution in [0.25, 0.3) is 11.0 Å². The Balaban J connectivity index is 1.74. The fourth-order valence-corrected chi connectivity index (χ4v) is 3.54. The summed E-state index contributed by atoms with van der Waals surface area (Å²) in [7, 11) is 5.90. The fourth-order valence-electron chi connectivity index (χ4n) is 3.06. The topological polar surface area (TPSA) is 41.4 Å². The lowest BCUT2D eigenvalue weighted by Gasteiger charge is -2.19. The van der Waals surface area contributed by atoms with Gasteiger partial charge < -0.3 is 14.4 Å². The summed E-state index contributed by atoms with van der Waals surface area (Å²) in [6.07, 6.45) is 2.05. The lowest BCUT2D eigenvalue weighted by atomic mass is 10.2. The first-order chi connectivity index (χ1) is 13.0. The van der Waals surface area contributed by atoms with Crippen molar-refractivity contribution >= 4 is 34.4 Å². The van der Waals surface area contributed by atoms with E-state index < -0.39 is 0 Å². The number of fused-ring (bicyclic) bond motifs is 1. The van der Waals surface area contributed by atoms with Gasteiger partial charge in [-0.2, -0.15) is 11.8 Å². The SMILES string of the molecule is CSCc1nc2ccccc2n1CC(=O)N(C)Cc1ccc(N(C)C)cc1. The van der Waals surface area contributed by atoms with Gasteiger partial charge in [-0.25, -0.2) is 4.98 Å². The molecule has 0 fully saturated rings. The predicted octanol–water partition coefficient (Wildman–Crippen LogP) is 3.62. The van der Waals surface area contributed by atoms with E-state index in [1.54, 1.807) is 16.7 Å². The van der Waals surface area contributed by atoms with Gasteiger partial charge in [0.2, 0.25) is 5.91 Å². The molecule has 0 bridgehead atoms. The largest absolute Gasteiger partial charge is 0.378 e. The van der Waals surface area contributed by atoms with Crippen molar-refractivity contribution < 1.29 is 4.79 Å². The maximum absolute atomic E-state index is 12.9. The minimum atomic E-state index is 0.0807. The molecule has 0 spiro atoms. The molecule has 0 atom stereocenters. The van der Waals surface area contributed by atoms with Crippen LogP contribution in [-0.4, -0.2) is 47.8 Å². The second-order valence-corrected chi connectivity index (χ2v) is 7.71. The summed E-state index contributed by atoms with van der Waals surface area (Å²) in [6, 6.07) is 16.3. The number of carbonyl (C=O) groups is 1. The summed E-state index contributed by atoms with van der Waals surface area (Å²) in [6.45, 7) is 0.903. The number of aromatic nitrogens is 2. The molecule has 6 heteroatoms. The summed E-state index contributed by atoms with van der Waals surface area (Å²) < 4.78 is 2.04. The summed E-state index contributed by atoms with van der Waals surface area (Å²) in [5, 5.41) is 0. The minimum Gasteiger partial charge on any atom is -0.378 e. The standard InChI is InChI=1S/C21H26N4OS/c1-23(2)17-11-9-16(10-12-17)13-24(3)21(26)14-25-19-8-6-5-7-18(19)22-20(25)15-27-4/h5-12H,13-15H2,1-4H3. The molecule has 0 saturated carbocycles. The number of benzene rings is 2. The Morgan fingerprint density at radius 3 is 2.44 bits per heavy atom. The van der Waals surface area contributed by atoms with Gasteiger partial charge in [0.25, 0.3) is 0 Å². The van der Waals surface area contributed by atoms with Crippen molar-refractivity contribution in [1.82, 2.24) is 14.5 Å². The van der Waals surface area contributed by atoms with Gasteiger partial charge in [0, 0.05) is 33.4 Å². The first-order valence-electron chi connectivity index (χ1n) is 8.93. The number of thioether (sulfide) groups is 1. The number of nitrogens with zero attached hydrogens (tertiary/aromatic N) is 4. The molecule has 0 unspecified atom stereocenters. The van der Waals surface area contributed by atoms with Crippen LogP contribution in [-0.2, 0) is 23.6 Å². The van der Waals surface area contributed by atoms with E-state index in [1.165, 1.54) is 0 Å². The number of likely N-dealkylation sites (N-methyl/N-ethyl adjacent to an activating group) is 1. The molecule has 1 amide bonds. The molecule has 0 radical (unpaired) electrons. The second kappa shape index (κ2) is 8.48. The smallest absolute Gasteiger partial charge is 0.242 e. The number of carbonyl (C=O) groups excluding carboxylic acids is 1. The van der Waals surface area contributed by atoms with Crippen molar-refractivity contribution in [2.45, 2.75) is 18.8 Å². The molecule has 27 heavy (non-hydrogen) atoms. The van der Waals surface area contributed by atoms with Crippen molar-refractivity contribution in [2.24, 2.45) is 0 Å². The van der Waals surface area contributed by atoms with Crippen LogP contribution in [0.3, 0.4) is 0 Å². The third-order valence-electron chi connectivity index (χ3n) is 4.60. The number of para-hydroxylation sites is 2. The van der Waals surface area contributed by atoms with Crippen LogP contribution in [0.2, 0.25) is 0 Å². The third kappa shape index (κ3) is 4.45. The molecule has 3 aromatic rings. The molecule has 0 aliphatic carbocycles. The lowest BCUT2D eigenvalue weighted by molar-refractivity contribution is -0.131. The number of hydrogen-bond acceptors (Lipinski definition) is 4. The number of rotatable bonds is 7. The van der Waals surface area contributed by atoms with E-state index >= 15 is 0 Å². The molecule has 0 saturated heterocycles. The molecular formula is C21H26N4OS. The van der Waals surface area contributed by atoms with Gasteiger partial charge in [-0.1, -0.05) is 24.3 Å². The second-order valence-electron chi connectivity index (χ2n) is 6.85.